The number of aryl methyl sites for hydroxylation is 2. The van der Waals surface area contributed by atoms with Gasteiger partial charge in [0.1, 0.15) is 29.5 Å². The van der Waals surface area contributed by atoms with Gasteiger partial charge in [-0.25, -0.2) is 14.8 Å². The number of alkyl carbamates (subject to hydrolysis) is 1. The molecule has 0 unspecified atom stereocenters. The highest BCUT2D eigenvalue weighted by molar-refractivity contribution is 5.93. The van der Waals surface area contributed by atoms with E-state index in [2.05, 4.69) is 30.8 Å². The van der Waals surface area contributed by atoms with Crippen molar-refractivity contribution in [3.63, 3.8) is 0 Å². The van der Waals surface area contributed by atoms with Crippen LogP contribution < -0.4 is 25.6 Å². The lowest BCUT2D eigenvalue weighted by Gasteiger charge is -2.39. The molecule has 0 saturated carbocycles. The minimum Gasteiger partial charge on any atom is -0.486 e. The number of nitrogens with one attached hydrogen (secondary N) is 3. The molecular weight excluding hydrogens is 656 g/mol. The van der Waals surface area contributed by atoms with E-state index in [4.69, 9.17) is 18.9 Å². The number of anilines is 2. The Kier molecular flexibility index (Phi) is 12.3. The molecule has 2 aromatic heterocycles. The van der Waals surface area contributed by atoms with Crippen molar-refractivity contribution in [2.24, 2.45) is 0 Å². The van der Waals surface area contributed by atoms with Crippen molar-refractivity contribution in [2.45, 2.75) is 97.6 Å². The van der Waals surface area contributed by atoms with Gasteiger partial charge in [0, 0.05) is 52.3 Å². The van der Waals surface area contributed by atoms with Crippen LogP contribution in [0, 0.1) is 6.92 Å². The number of oxazole rings is 1. The Labute approximate surface area is 298 Å². The molecule has 0 aliphatic carbocycles. The lowest BCUT2D eigenvalue weighted by atomic mass is 10.0. The minimum absolute atomic E-state index is 0.0179. The van der Waals surface area contributed by atoms with Crippen LogP contribution in [0.25, 0.3) is 0 Å². The largest absolute Gasteiger partial charge is 0.486 e. The van der Waals surface area contributed by atoms with Crippen molar-refractivity contribution in [2.75, 3.05) is 42.9 Å². The first kappa shape index (κ1) is 37.3. The number of carbonyl (C=O) groups is 3. The molecule has 2 aliphatic rings. The summed E-state index contributed by atoms with van der Waals surface area (Å²) in [5, 5.41) is 19.9. The van der Waals surface area contributed by atoms with Crippen LogP contribution >= 0.6 is 0 Å². The number of piperidine rings is 1. The normalized spacial score (nSPS) is 15.5. The fourth-order valence-electron chi connectivity index (χ4n) is 5.82. The smallest absolute Gasteiger partial charge is 0.407 e. The molecule has 0 spiro atoms. The van der Waals surface area contributed by atoms with Gasteiger partial charge in [-0.05, 0) is 83.1 Å². The fourth-order valence-corrected chi connectivity index (χ4v) is 5.82. The topological polar surface area (TPSA) is 184 Å². The van der Waals surface area contributed by atoms with Crippen molar-refractivity contribution in [3.05, 3.63) is 58.9 Å². The third kappa shape index (κ3) is 11.0. The van der Waals surface area contributed by atoms with Crippen molar-refractivity contribution >= 4 is 29.7 Å². The number of hydrogen-bond donors (Lipinski definition) is 4. The van der Waals surface area contributed by atoms with Gasteiger partial charge in [0.15, 0.2) is 12.2 Å². The number of benzene rings is 1. The van der Waals surface area contributed by atoms with Gasteiger partial charge >= 0.3 is 6.09 Å². The number of aromatic nitrogens is 3. The zero-order valence-electron chi connectivity index (χ0n) is 30.2. The highest BCUT2D eigenvalue weighted by Crippen LogP contribution is 2.23. The molecule has 276 valence electrons. The summed E-state index contributed by atoms with van der Waals surface area (Å²) in [6, 6.07) is 7.22. The highest BCUT2D eigenvalue weighted by atomic mass is 16.6. The van der Waals surface area contributed by atoms with Gasteiger partial charge in [-0.2, -0.15) is 4.98 Å². The molecule has 0 bridgehead atoms. The first-order chi connectivity index (χ1) is 24.3. The predicted octanol–water partition coefficient (Wildman–Crippen LogP) is 3.73. The van der Waals surface area contributed by atoms with Crippen molar-refractivity contribution < 1.29 is 33.4 Å². The van der Waals surface area contributed by atoms with Gasteiger partial charge in [-0.15, -0.1) is 0 Å². The van der Waals surface area contributed by atoms with Gasteiger partial charge in [0.05, 0.1) is 17.8 Å². The van der Waals surface area contributed by atoms with Crippen molar-refractivity contribution in [1.82, 2.24) is 30.5 Å². The molecule has 51 heavy (non-hydrogen) atoms. The molecular formula is C36H50N8O7. The Morgan fingerprint density at radius 1 is 1.06 bits per heavy atom. The minimum atomic E-state index is -0.848. The molecule has 0 radical (unpaired) electrons. The molecule has 5 rings (SSSR count). The average Bonchev–Trinajstić information content (AvgIpc) is 3.49. The molecule has 15 nitrogen and oxygen atoms in total. The van der Waals surface area contributed by atoms with Gasteiger partial charge < -0.3 is 44.7 Å². The second kappa shape index (κ2) is 16.9. The van der Waals surface area contributed by atoms with Crippen LogP contribution in [0.3, 0.4) is 0 Å². The number of carbonyl (C=O) groups excluding carboxylic acids is 3. The van der Waals surface area contributed by atoms with E-state index in [0.29, 0.717) is 49.2 Å². The Morgan fingerprint density at radius 2 is 1.82 bits per heavy atom. The van der Waals surface area contributed by atoms with Crippen LogP contribution in [0.1, 0.15) is 86.4 Å². The SMILES string of the molecule is CC(=O)N1CC(Nc2cc(C(=O)NC[C@@H](O)CCc3ccc(OCc4ocnc4C)cc3CNC(=O)OC(C)(C)C)nc(N3CCCCC3)n2)C1. The third-order valence-electron chi connectivity index (χ3n) is 8.72. The molecule has 2 saturated heterocycles. The molecule has 3 amide bonds. The van der Waals surface area contributed by atoms with Crippen LogP contribution in [-0.4, -0.2) is 93.3 Å². The quantitative estimate of drug-likeness (QED) is 0.191. The van der Waals surface area contributed by atoms with E-state index in [1.54, 1.807) is 38.7 Å². The van der Waals surface area contributed by atoms with E-state index in [1.165, 1.54) is 6.39 Å². The summed E-state index contributed by atoms with van der Waals surface area (Å²) in [5.74, 6) is 1.83. The summed E-state index contributed by atoms with van der Waals surface area (Å²) in [5.41, 5.74) is 2.00. The van der Waals surface area contributed by atoms with Crippen LogP contribution in [0.5, 0.6) is 5.75 Å². The highest BCUT2D eigenvalue weighted by Gasteiger charge is 2.29. The van der Waals surface area contributed by atoms with E-state index in [-0.39, 0.29) is 37.3 Å². The van der Waals surface area contributed by atoms with Crippen LogP contribution in [0.4, 0.5) is 16.6 Å². The van der Waals surface area contributed by atoms with Crippen LogP contribution in [0.15, 0.2) is 35.1 Å². The number of amides is 3. The van der Waals surface area contributed by atoms with Crippen LogP contribution in [-0.2, 0) is 29.1 Å². The second-order valence-corrected chi connectivity index (χ2v) is 14.1. The number of ether oxygens (including phenoxy) is 2. The molecule has 2 fully saturated rings. The Hall–Kier alpha value is -4.92. The lowest BCUT2D eigenvalue weighted by molar-refractivity contribution is -0.132. The summed E-state index contributed by atoms with van der Waals surface area (Å²) in [6.07, 6.45) is 4.01. The number of rotatable bonds is 14. The van der Waals surface area contributed by atoms with E-state index in [0.717, 1.165) is 49.2 Å². The zero-order chi connectivity index (χ0) is 36.5. The molecule has 1 atom stereocenters. The summed E-state index contributed by atoms with van der Waals surface area (Å²) in [7, 11) is 0. The van der Waals surface area contributed by atoms with Gasteiger partial charge in [-0.3, -0.25) is 9.59 Å². The van der Waals surface area contributed by atoms with E-state index < -0.39 is 23.7 Å². The number of nitrogens with zero attached hydrogens (tertiary/aromatic N) is 5. The van der Waals surface area contributed by atoms with Crippen molar-refractivity contribution in [3.8, 4) is 5.75 Å². The Bertz CT molecular complexity index is 1660. The molecule has 1 aromatic carbocycles. The first-order valence-electron chi connectivity index (χ1n) is 17.6. The average molecular weight is 707 g/mol. The zero-order valence-corrected chi connectivity index (χ0v) is 30.2. The Balaban J connectivity index is 1.20. The fraction of sp³-hybridized carbons (Fsp3) is 0.556. The maximum atomic E-state index is 13.3. The first-order valence-corrected chi connectivity index (χ1v) is 17.6. The second-order valence-electron chi connectivity index (χ2n) is 14.1. The summed E-state index contributed by atoms with van der Waals surface area (Å²) in [6.45, 7) is 12.0. The van der Waals surface area contributed by atoms with Crippen LogP contribution in [0.2, 0.25) is 0 Å². The van der Waals surface area contributed by atoms with E-state index in [9.17, 15) is 19.5 Å². The maximum absolute atomic E-state index is 13.3. The predicted molar refractivity (Wildman–Crippen MR) is 190 cm³/mol. The maximum Gasteiger partial charge on any atom is 0.407 e. The van der Waals surface area contributed by atoms with E-state index in [1.807, 2.05) is 25.1 Å². The lowest BCUT2D eigenvalue weighted by Crippen LogP contribution is -2.56. The summed E-state index contributed by atoms with van der Waals surface area (Å²) in [4.78, 5) is 54.6. The van der Waals surface area contributed by atoms with Crippen molar-refractivity contribution in [1.29, 1.82) is 0 Å². The molecule has 15 heteroatoms. The standard InChI is InChI=1S/C36H50N8O7/c1-23-31(50-22-39-23)21-49-29-12-10-25(26(15-29)17-38-35(48)51-36(3,4)5)9-11-28(46)18-37-33(47)30-16-32(40-27-19-44(20-27)24(2)45)42-34(41-30)43-13-7-6-8-14-43/h10,12,15-16,22,27-28,46H,6-9,11,13-14,17-21H2,1-5H3,(H,37,47)(H,38,48)(H,40,41,42)/t28-/m0/s1. The monoisotopic (exact) mass is 706 g/mol. The van der Waals surface area contributed by atoms with Gasteiger partial charge in [0.25, 0.3) is 5.91 Å². The number of hydrogen-bond acceptors (Lipinski definition) is 12. The third-order valence-corrected chi connectivity index (χ3v) is 8.72. The van der Waals surface area contributed by atoms with Gasteiger partial charge in [0.2, 0.25) is 11.9 Å². The number of likely N-dealkylation sites (tertiary alicyclic amines) is 1. The summed E-state index contributed by atoms with van der Waals surface area (Å²) >= 11 is 0. The molecule has 3 aromatic rings. The number of aliphatic hydroxyl groups is 1. The van der Waals surface area contributed by atoms with Gasteiger partial charge in [-0.1, -0.05) is 6.07 Å². The molecule has 2 aliphatic heterocycles. The Morgan fingerprint density at radius 3 is 2.51 bits per heavy atom. The number of aliphatic hydroxyl groups excluding tert-OH is 1. The van der Waals surface area contributed by atoms with E-state index >= 15 is 0 Å². The molecule has 4 N–H and O–H groups in total. The summed E-state index contributed by atoms with van der Waals surface area (Å²) < 4.78 is 16.7. The molecule has 4 heterocycles.